The first-order valence-electron chi connectivity index (χ1n) is 6.55. The van der Waals surface area contributed by atoms with E-state index < -0.39 is 5.91 Å². The largest absolute Gasteiger partial charge is 0.507 e. The van der Waals surface area contributed by atoms with Crippen molar-refractivity contribution in [2.24, 2.45) is 5.73 Å². The second-order valence-corrected chi connectivity index (χ2v) is 4.51. The standard InChI is InChI=1S/C15H22N2O2/c1-4-8-17(5-2)13-7-6-12(14(18)10-13)9-11(3)15(16)19/h6-7,9-10,18H,4-5,8H2,1-3H3,(H2,16,19)/b11-9+. The molecule has 1 aromatic rings. The highest BCUT2D eigenvalue weighted by Crippen LogP contribution is 2.26. The zero-order chi connectivity index (χ0) is 14.4. The first-order valence-corrected chi connectivity index (χ1v) is 6.55. The molecule has 0 heterocycles. The van der Waals surface area contributed by atoms with E-state index in [2.05, 4.69) is 18.7 Å². The number of aromatic hydroxyl groups is 1. The molecule has 0 aliphatic rings. The van der Waals surface area contributed by atoms with E-state index in [0.717, 1.165) is 25.2 Å². The minimum absolute atomic E-state index is 0.160. The maximum atomic E-state index is 11.0. The Hall–Kier alpha value is -1.97. The van der Waals surface area contributed by atoms with E-state index in [1.807, 2.05) is 6.07 Å². The number of nitrogens with two attached hydrogens (primary N) is 1. The van der Waals surface area contributed by atoms with E-state index in [0.29, 0.717) is 11.1 Å². The van der Waals surface area contributed by atoms with Gasteiger partial charge in [0.2, 0.25) is 5.91 Å². The van der Waals surface area contributed by atoms with Gasteiger partial charge < -0.3 is 15.7 Å². The van der Waals surface area contributed by atoms with Gasteiger partial charge >= 0.3 is 0 Å². The molecule has 0 radical (unpaired) electrons. The summed E-state index contributed by atoms with van der Waals surface area (Å²) in [5, 5.41) is 10.0. The molecule has 0 bridgehead atoms. The van der Waals surface area contributed by atoms with Gasteiger partial charge in [0.05, 0.1) is 0 Å². The highest BCUT2D eigenvalue weighted by Gasteiger charge is 2.07. The minimum Gasteiger partial charge on any atom is -0.507 e. The number of hydrogen-bond acceptors (Lipinski definition) is 3. The Morgan fingerprint density at radius 1 is 1.42 bits per heavy atom. The third-order valence-corrected chi connectivity index (χ3v) is 3.02. The highest BCUT2D eigenvalue weighted by molar-refractivity contribution is 5.96. The molecule has 4 nitrogen and oxygen atoms in total. The van der Waals surface area contributed by atoms with Crippen molar-refractivity contribution in [2.75, 3.05) is 18.0 Å². The number of anilines is 1. The van der Waals surface area contributed by atoms with Crippen molar-refractivity contribution in [1.82, 2.24) is 0 Å². The molecule has 0 atom stereocenters. The number of nitrogens with zero attached hydrogens (tertiary/aromatic N) is 1. The zero-order valence-corrected chi connectivity index (χ0v) is 11.8. The maximum Gasteiger partial charge on any atom is 0.244 e. The number of benzene rings is 1. The lowest BCUT2D eigenvalue weighted by Crippen LogP contribution is -2.23. The minimum atomic E-state index is -0.482. The molecule has 0 saturated heterocycles. The van der Waals surface area contributed by atoms with Crippen LogP contribution in [-0.4, -0.2) is 24.1 Å². The highest BCUT2D eigenvalue weighted by atomic mass is 16.3. The van der Waals surface area contributed by atoms with E-state index >= 15 is 0 Å². The van der Waals surface area contributed by atoms with Crippen LogP contribution in [0.3, 0.4) is 0 Å². The van der Waals surface area contributed by atoms with E-state index in [-0.39, 0.29) is 5.75 Å². The number of primary amides is 1. The lowest BCUT2D eigenvalue weighted by Gasteiger charge is -2.22. The average molecular weight is 262 g/mol. The summed E-state index contributed by atoms with van der Waals surface area (Å²) in [5.74, 6) is -0.322. The van der Waals surface area contributed by atoms with Gasteiger partial charge in [-0.05, 0) is 38.5 Å². The van der Waals surface area contributed by atoms with Crippen molar-refractivity contribution in [3.05, 3.63) is 29.3 Å². The van der Waals surface area contributed by atoms with Crippen LogP contribution in [0.25, 0.3) is 6.08 Å². The van der Waals surface area contributed by atoms with Gasteiger partial charge in [0, 0.05) is 36.0 Å². The van der Waals surface area contributed by atoms with Crippen LogP contribution in [0.15, 0.2) is 23.8 Å². The van der Waals surface area contributed by atoms with Gasteiger partial charge in [0.25, 0.3) is 0 Å². The number of rotatable bonds is 6. The van der Waals surface area contributed by atoms with Gasteiger partial charge in [0.15, 0.2) is 0 Å². The predicted octanol–water partition coefficient (Wildman–Crippen LogP) is 2.52. The average Bonchev–Trinajstić information content (AvgIpc) is 2.38. The number of amides is 1. The molecule has 0 fully saturated rings. The molecule has 19 heavy (non-hydrogen) atoms. The van der Waals surface area contributed by atoms with Crippen LogP contribution in [0.4, 0.5) is 5.69 Å². The molecular weight excluding hydrogens is 240 g/mol. The normalized spacial score (nSPS) is 11.4. The topological polar surface area (TPSA) is 66.6 Å². The van der Waals surface area contributed by atoms with Gasteiger partial charge in [-0.2, -0.15) is 0 Å². The van der Waals surface area contributed by atoms with Crippen LogP contribution in [0.2, 0.25) is 0 Å². The Balaban J connectivity index is 3.03. The molecule has 0 aromatic heterocycles. The van der Waals surface area contributed by atoms with Crippen molar-refractivity contribution in [2.45, 2.75) is 27.2 Å². The van der Waals surface area contributed by atoms with Crippen LogP contribution < -0.4 is 10.6 Å². The van der Waals surface area contributed by atoms with Crippen molar-refractivity contribution in [3.8, 4) is 5.75 Å². The molecule has 1 rings (SSSR count). The summed E-state index contributed by atoms with van der Waals surface area (Å²) in [6.07, 6.45) is 2.65. The van der Waals surface area contributed by atoms with Crippen LogP contribution in [0.5, 0.6) is 5.75 Å². The van der Waals surface area contributed by atoms with E-state index in [1.165, 1.54) is 0 Å². The molecule has 0 aliphatic carbocycles. The molecule has 1 amide bonds. The summed E-state index contributed by atoms with van der Waals surface area (Å²) >= 11 is 0. The Kier molecular flexibility index (Phi) is 5.42. The van der Waals surface area contributed by atoms with Gasteiger partial charge in [0.1, 0.15) is 5.75 Å². The molecule has 0 spiro atoms. The monoisotopic (exact) mass is 262 g/mol. The smallest absolute Gasteiger partial charge is 0.244 e. The van der Waals surface area contributed by atoms with Crippen molar-refractivity contribution in [3.63, 3.8) is 0 Å². The third-order valence-electron chi connectivity index (χ3n) is 3.02. The fourth-order valence-electron chi connectivity index (χ4n) is 1.89. The second-order valence-electron chi connectivity index (χ2n) is 4.51. The van der Waals surface area contributed by atoms with Crippen LogP contribution >= 0.6 is 0 Å². The quantitative estimate of drug-likeness (QED) is 0.774. The number of carbonyl (C=O) groups is 1. The Bertz CT molecular complexity index is 481. The van der Waals surface area contributed by atoms with Crippen molar-refractivity contribution < 1.29 is 9.90 Å². The Morgan fingerprint density at radius 2 is 2.11 bits per heavy atom. The SMILES string of the molecule is CCCN(CC)c1ccc(/C=C(\C)C(N)=O)c(O)c1. The number of phenols is 1. The fourth-order valence-corrected chi connectivity index (χ4v) is 1.89. The van der Waals surface area contributed by atoms with Crippen LogP contribution in [-0.2, 0) is 4.79 Å². The van der Waals surface area contributed by atoms with E-state index in [4.69, 9.17) is 5.73 Å². The second kappa shape index (κ2) is 6.83. The van der Waals surface area contributed by atoms with Crippen molar-refractivity contribution >= 4 is 17.7 Å². The summed E-state index contributed by atoms with van der Waals surface area (Å²) in [6, 6.07) is 5.47. The molecule has 0 unspecified atom stereocenters. The summed E-state index contributed by atoms with van der Waals surface area (Å²) < 4.78 is 0. The zero-order valence-electron chi connectivity index (χ0n) is 11.8. The molecule has 0 saturated carbocycles. The van der Waals surface area contributed by atoms with Gasteiger partial charge in [-0.1, -0.05) is 6.92 Å². The predicted molar refractivity (Wildman–Crippen MR) is 79.1 cm³/mol. The molecular formula is C15H22N2O2. The Labute approximate surface area is 114 Å². The summed E-state index contributed by atoms with van der Waals surface area (Å²) in [5.41, 5.74) is 7.18. The van der Waals surface area contributed by atoms with Crippen LogP contribution in [0, 0.1) is 0 Å². The van der Waals surface area contributed by atoms with Crippen LogP contribution in [0.1, 0.15) is 32.8 Å². The molecule has 4 heteroatoms. The first kappa shape index (κ1) is 15.1. The number of hydrogen-bond donors (Lipinski definition) is 2. The summed E-state index contributed by atoms with van der Waals surface area (Å²) in [7, 11) is 0. The summed E-state index contributed by atoms with van der Waals surface area (Å²) in [4.78, 5) is 13.2. The molecule has 1 aromatic carbocycles. The van der Waals surface area contributed by atoms with Gasteiger partial charge in [-0.15, -0.1) is 0 Å². The van der Waals surface area contributed by atoms with Gasteiger partial charge in [-0.25, -0.2) is 0 Å². The molecule has 104 valence electrons. The lowest BCUT2D eigenvalue weighted by molar-refractivity contribution is -0.114. The molecule has 0 aliphatic heterocycles. The fraction of sp³-hybridized carbons (Fsp3) is 0.400. The number of carbonyl (C=O) groups excluding carboxylic acids is 1. The summed E-state index contributed by atoms with van der Waals surface area (Å²) in [6.45, 7) is 7.67. The van der Waals surface area contributed by atoms with E-state index in [9.17, 15) is 9.90 Å². The molecule has 3 N–H and O–H groups in total. The lowest BCUT2D eigenvalue weighted by atomic mass is 10.1. The van der Waals surface area contributed by atoms with Crippen molar-refractivity contribution in [1.29, 1.82) is 0 Å². The third kappa shape index (κ3) is 4.02. The maximum absolute atomic E-state index is 11.0. The first-order chi connectivity index (χ1) is 8.99. The Morgan fingerprint density at radius 3 is 2.58 bits per heavy atom. The number of phenolic OH excluding ortho intramolecular Hbond substituents is 1. The van der Waals surface area contributed by atoms with E-state index in [1.54, 1.807) is 25.1 Å². The van der Waals surface area contributed by atoms with Gasteiger partial charge in [-0.3, -0.25) is 4.79 Å².